The van der Waals surface area contributed by atoms with Crippen molar-refractivity contribution in [2.24, 2.45) is 5.73 Å². The van der Waals surface area contributed by atoms with Crippen LogP contribution in [-0.4, -0.2) is 41.7 Å². The van der Waals surface area contributed by atoms with Crippen molar-refractivity contribution in [3.05, 3.63) is 35.9 Å². The fraction of sp³-hybridized carbons (Fsp3) is 0.500. The van der Waals surface area contributed by atoms with Gasteiger partial charge in [0.1, 0.15) is 0 Å². The molecular weight excluding hydrogens is 260 g/mol. The van der Waals surface area contributed by atoms with Gasteiger partial charge in [-0.3, -0.25) is 4.79 Å². The molecule has 0 saturated heterocycles. The minimum atomic E-state index is -0.496. The van der Waals surface area contributed by atoms with E-state index in [1.807, 2.05) is 30.3 Å². The van der Waals surface area contributed by atoms with Crippen LogP contribution >= 0.6 is 11.8 Å². The first-order valence-corrected chi connectivity index (χ1v) is 7.65. The summed E-state index contributed by atoms with van der Waals surface area (Å²) in [6.07, 6.45) is 1.36. The Morgan fingerprint density at radius 3 is 2.74 bits per heavy atom. The second kappa shape index (κ2) is 9.83. The van der Waals surface area contributed by atoms with Crippen molar-refractivity contribution in [3.8, 4) is 0 Å². The first-order chi connectivity index (χ1) is 9.24. The van der Waals surface area contributed by atoms with Crippen LogP contribution in [0.1, 0.15) is 12.0 Å². The Balaban J connectivity index is 2.15. The van der Waals surface area contributed by atoms with E-state index in [1.165, 1.54) is 0 Å². The van der Waals surface area contributed by atoms with Crippen LogP contribution in [0.4, 0.5) is 0 Å². The molecule has 19 heavy (non-hydrogen) atoms. The molecule has 4 nitrogen and oxygen atoms in total. The summed E-state index contributed by atoms with van der Waals surface area (Å²) in [6, 6.07) is 9.27. The first kappa shape index (κ1) is 16.0. The number of benzene rings is 1. The molecule has 0 saturated carbocycles. The number of nitrogens with one attached hydrogen (secondary N) is 1. The average molecular weight is 282 g/mol. The minimum Gasteiger partial charge on any atom is -0.396 e. The molecule has 0 aromatic heterocycles. The van der Waals surface area contributed by atoms with Crippen molar-refractivity contribution < 1.29 is 9.90 Å². The number of thioether (sulfide) groups is 1. The first-order valence-electron chi connectivity index (χ1n) is 6.50. The van der Waals surface area contributed by atoms with Crippen molar-refractivity contribution in [3.63, 3.8) is 0 Å². The van der Waals surface area contributed by atoms with Crippen LogP contribution < -0.4 is 11.1 Å². The average Bonchev–Trinajstić information content (AvgIpc) is 2.43. The Labute approximate surface area is 118 Å². The molecule has 1 atom stereocenters. The molecule has 0 aliphatic rings. The van der Waals surface area contributed by atoms with Gasteiger partial charge >= 0.3 is 0 Å². The number of aliphatic hydroxyl groups is 1. The van der Waals surface area contributed by atoms with Crippen LogP contribution in [0.2, 0.25) is 0 Å². The van der Waals surface area contributed by atoms with E-state index in [-0.39, 0.29) is 12.5 Å². The number of hydrogen-bond donors (Lipinski definition) is 3. The van der Waals surface area contributed by atoms with Gasteiger partial charge in [-0.05, 0) is 24.2 Å². The van der Waals surface area contributed by atoms with Crippen molar-refractivity contribution in [2.45, 2.75) is 18.9 Å². The molecule has 0 fully saturated rings. The van der Waals surface area contributed by atoms with E-state index in [2.05, 4.69) is 5.32 Å². The molecule has 5 heteroatoms. The van der Waals surface area contributed by atoms with Gasteiger partial charge in [-0.25, -0.2) is 0 Å². The van der Waals surface area contributed by atoms with Gasteiger partial charge in [-0.15, -0.1) is 0 Å². The summed E-state index contributed by atoms with van der Waals surface area (Å²) in [4.78, 5) is 11.8. The highest BCUT2D eigenvalue weighted by molar-refractivity contribution is 7.99. The topological polar surface area (TPSA) is 75.4 Å². The molecule has 0 aliphatic carbocycles. The summed E-state index contributed by atoms with van der Waals surface area (Å²) in [5.41, 5.74) is 6.93. The van der Waals surface area contributed by atoms with Gasteiger partial charge in [0.25, 0.3) is 0 Å². The summed E-state index contributed by atoms with van der Waals surface area (Å²) in [5, 5.41) is 11.5. The van der Waals surface area contributed by atoms with E-state index in [4.69, 9.17) is 10.8 Å². The quantitative estimate of drug-likeness (QED) is 0.585. The summed E-state index contributed by atoms with van der Waals surface area (Å²) < 4.78 is 0. The van der Waals surface area contributed by atoms with Gasteiger partial charge in [0.2, 0.25) is 5.91 Å². The molecule has 0 spiro atoms. The number of carbonyl (C=O) groups excluding carboxylic acids is 1. The second-order valence-electron chi connectivity index (χ2n) is 4.28. The number of carbonyl (C=O) groups is 1. The molecule has 1 rings (SSSR count). The van der Waals surface area contributed by atoms with Crippen LogP contribution in [-0.2, 0) is 11.2 Å². The number of hydrogen-bond acceptors (Lipinski definition) is 4. The number of rotatable bonds is 9. The molecule has 0 heterocycles. The van der Waals surface area contributed by atoms with Gasteiger partial charge in [-0.1, -0.05) is 30.3 Å². The van der Waals surface area contributed by atoms with Crippen molar-refractivity contribution in [2.75, 3.05) is 24.7 Å². The molecule has 1 amide bonds. The van der Waals surface area contributed by atoms with Crippen LogP contribution in [0.3, 0.4) is 0 Å². The molecule has 0 bridgehead atoms. The largest absolute Gasteiger partial charge is 0.396 e. The lowest BCUT2D eigenvalue weighted by atomic mass is 10.1. The molecule has 0 unspecified atom stereocenters. The van der Waals surface area contributed by atoms with Gasteiger partial charge in [0.05, 0.1) is 6.04 Å². The summed E-state index contributed by atoms with van der Waals surface area (Å²) in [6.45, 7) is 0.846. The van der Waals surface area contributed by atoms with Crippen LogP contribution in [0.5, 0.6) is 0 Å². The molecule has 1 aromatic rings. The maximum Gasteiger partial charge on any atom is 0.237 e. The van der Waals surface area contributed by atoms with Gasteiger partial charge in [-0.2, -0.15) is 11.8 Å². The number of nitrogens with two attached hydrogens (primary N) is 1. The summed E-state index contributed by atoms with van der Waals surface area (Å²) in [5.74, 6) is 1.67. The van der Waals surface area contributed by atoms with E-state index in [0.29, 0.717) is 13.0 Å². The van der Waals surface area contributed by atoms with Crippen LogP contribution in [0, 0.1) is 0 Å². The van der Waals surface area contributed by atoms with E-state index >= 15 is 0 Å². The zero-order valence-corrected chi connectivity index (χ0v) is 11.9. The van der Waals surface area contributed by atoms with Crippen molar-refractivity contribution >= 4 is 17.7 Å². The molecule has 4 N–H and O–H groups in total. The highest BCUT2D eigenvalue weighted by Gasteiger charge is 2.12. The normalized spacial score (nSPS) is 12.1. The monoisotopic (exact) mass is 282 g/mol. The van der Waals surface area contributed by atoms with E-state index in [0.717, 1.165) is 23.5 Å². The third kappa shape index (κ3) is 7.20. The maximum atomic E-state index is 11.8. The minimum absolute atomic E-state index is 0.105. The van der Waals surface area contributed by atoms with Crippen LogP contribution in [0.15, 0.2) is 30.3 Å². The Kier molecular flexibility index (Phi) is 8.29. The molecular formula is C14H22N2O2S. The summed E-state index contributed by atoms with van der Waals surface area (Å²) in [7, 11) is 0. The highest BCUT2D eigenvalue weighted by atomic mass is 32.2. The van der Waals surface area contributed by atoms with E-state index < -0.39 is 6.04 Å². The SMILES string of the molecule is N[C@H](Cc1ccccc1)C(=O)NCCSCCCO. The third-order valence-electron chi connectivity index (χ3n) is 2.63. The molecule has 1 aromatic carbocycles. The van der Waals surface area contributed by atoms with E-state index in [9.17, 15) is 4.79 Å². The predicted molar refractivity (Wildman–Crippen MR) is 80.2 cm³/mol. The Bertz CT molecular complexity index is 360. The lowest BCUT2D eigenvalue weighted by Crippen LogP contribution is -2.42. The number of amides is 1. The number of aliphatic hydroxyl groups excluding tert-OH is 1. The van der Waals surface area contributed by atoms with Gasteiger partial charge in [0.15, 0.2) is 0 Å². The predicted octanol–water partition coefficient (Wildman–Crippen LogP) is 0.788. The van der Waals surface area contributed by atoms with Gasteiger partial charge < -0.3 is 16.2 Å². The maximum absolute atomic E-state index is 11.8. The van der Waals surface area contributed by atoms with Gasteiger partial charge in [0, 0.05) is 18.9 Å². The highest BCUT2D eigenvalue weighted by Crippen LogP contribution is 2.02. The second-order valence-corrected chi connectivity index (χ2v) is 5.50. The van der Waals surface area contributed by atoms with Crippen molar-refractivity contribution in [1.82, 2.24) is 5.32 Å². The molecule has 0 aliphatic heterocycles. The fourth-order valence-electron chi connectivity index (χ4n) is 1.61. The Morgan fingerprint density at radius 1 is 1.32 bits per heavy atom. The molecule has 106 valence electrons. The smallest absolute Gasteiger partial charge is 0.237 e. The third-order valence-corrected chi connectivity index (χ3v) is 3.70. The standard InChI is InChI=1S/C14H22N2O2S/c15-13(11-12-5-2-1-3-6-12)14(18)16-7-10-19-9-4-8-17/h1-3,5-6,13,17H,4,7-11,15H2,(H,16,18)/t13-/m1/s1. The lowest BCUT2D eigenvalue weighted by molar-refractivity contribution is -0.122. The lowest BCUT2D eigenvalue weighted by Gasteiger charge is -2.12. The van der Waals surface area contributed by atoms with Crippen LogP contribution in [0.25, 0.3) is 0 Å². The zero-order valence-electron chi connectivity index (χ0n) is 11.0. The molecule has 0 radical (unpaired) electrons. The van der Waals surface area contributed by atoms with Crippen molar-refractivity contribution in [1.29, 1.82) is 0 Å². The summed E-state index contributed by atoms with van der Waals surface area (Å²) >= 11 is 1.72. The fourth-order valence-corrected chi connectivity index (χ4v) is 2.39. The van der Waals surface area contributed by atoms with E-state index in [1.54, 1.807) is 11.8 Å². The zero-order chi connectivity index (χ0) is 13.9. The Hall–Kier alpha value is -1.04. The Morgan fingerprint density at radius 2 is 2.05 bits per heavy atom.